The molecule has 0 aliphatic carbocycles. The monoisotopic (exact) mass is 329 g/mol. The Hall–Kier alpha value is -2.77. The van der Waals surface area contributed by atoms with Gasteiger partial charge in [-0.15, -0.1) is 5.10 Å². The molecule has 1 aromatic carbocycles. The van der Waals surface area contributed by atoms with E-state index < -0.39 is 0 Å². The van der Waals surface area contributed by atoms with Gasteiger partial charge in [0.1, 0.15) is 12.1 Å². The van der Waals surface area contributed by atoms with E-state index >= 15 is 0 Å². The number of likely N-dealkylation sites (tertiary alicyclic amines) is 1. The Labute approximate surface area is 138 Å². The zero-order valence-corrected chi connectivity index (χ0v) is 13.2. The van der Waals surface area contributed by atoms with Crippen molar-refractivity contribution in [3.8, 4) is 0 Å². The van der Waals surface area contributed by atoms with Gasteiger partial charge in [-0.05, 0) is 30.9 Å². The summed E-state index contributed by atoms with van der Waals surface area (Å²) in [5.74, 6) is -0.244. The number of rotatable bonds is 4. The first-order valence-corrected chi connectivity index (χ1v) is 7.93. The summed E-state index contributed by atoms with van der Waals surface area (Å²) in [5.41, 5.74) is 5.40. The standard InChI is InChI=1S/C16H19N5O3/c17-14(22)9-11-5-7-20(8-6-11)15(23)10-21-16(24)12-3-1-2-4-13(12)18-19-21/h1-4,11H,5-10H2,(H2,17,22). The number of nitrogens with two attached hydrogens (primary N) is 1. The number of carbonyl (C=O) groups is 2. The van der Waals surface area contributed by atoms with Crippen molar-refractivity contribution >= 4 is 22.7 Å². The van der Waals surface area contributed by atoms with Gasteiger partial charge in [0.05, 0.1) is 5.39 Å². The minimum absolute atomic E-state index is 0.128. The number of piperidine rings is 1. The van der Waals surface area contributed by atoms with Crippen molar-refractivity contribution in [3.63, 3.8) is 0 Å². The molecule has 0 atom stereocenters. The Kier molecular flexibility index (Phi) is 4.54. The number of aromatic nitrogens is 3. The van der Waals surface area contributed by atoms with Gasteiger partial charge in [-0.2, -0.15) is 0 Å². The zero-order chi connectivity index (χ0) is 17.1. The van der Waals surface area contributed by atoms with Gasteiger partial charge >= 0.3 is 0 Å². The van der Waals surface area contributed by atoms with E-state index in [9.17, 15) is 14.4 Å². The van der Waals surface area contributed by atoms with Crippen LogP contribution in [0.15, 0.2) is 29.1 Å². The highest BCUT2D eigenvalue weighted by Gasteiger charge is 2.24. The smallest absolute Gasteiger partial charge is 0.278 e. The highest BCUT2D eigenvalue weighted by atomic mass is 16.2. The number of carbonyl (C=O) groups excluding carboxylic acids is 2. The lowest BCUT2D eigenvalue weighted by atomic mass is 9.93. The maximum absolute atomic E-state index is 12.4. The van der Waals surface area contributed by atoms with Crippen LogP contribution in [0.25, 0.3) is 10.9 Å². The highest BCUT2D eigenvalue weighted by molar-refractivity contribution is 5.78. The third kappa shape index (κ3) is 3.42. The molecular weight excluding hydrogens is 310 g/mol. The fourth-order valence-electron chi connectivity index (χ4n) is 3.03. The molecule has 2 heterocycles. The van der Waals surface area contributed by atoms with Crippen LogP contribution in [0.5, 0.6) is 0 Å². The maximum atomic E-state index is 12.4. The lowest BCUT2D eigenvalue weighted by molar-refractivity contribution is -0.133. The summed E-state index contributed by atoms with van der Waals surface area (Å²) in [6.45, 7) is 0.996. The fraction of sp³-hybridized carbons (Fsp3) is 0.438. The van der Waals surface area contributed by atoms with Gasteiger partial charge in [-0.25, -0.2) is 4.68 Å². The Morgan fingerprint density at radius 1 is 1.21 bits per heavy atom. The van der Waals surface area contributed by atoms with E-state index in [1.54, 1.807) is 29.2 Å². The molecule has 0 unspecified atom stereocenters. The normalized spacial score (nSPS) is 15.6. The summed E-state index contributed by atoms with van der Waals surface area (Å²) >= 11 is 0. The number of nitrogens with zero attached hydrogens (tertiary/aromatic N) is 4. The molecule has 8 heteroatoms. The average molecular weight is 329 g/mol. The van der Waals surface area contributed by atoms with E-state index in [-0.39, 0.29) is 29.8 Å². The molecule has 1 saturated heterocycles. The lowest BCUT2D eigenvalue weighted by Gasteiger charge is -2.31. The summed E-state index contributed by atoms with van der Waals surface area (Å²) in [6, 6.07) is 6.91. The average Bonchev–Trinajstić information content (AvgIpc) is 2.57. The van der Waals surface area contributed by atoms with Gasteiger partial charge in [0.25, 0.3) is 5.56 Å². The first-order valence-electron chi connectivity index (χ1n) is 7.93. The molecule has 3 rings (SSSR count). The van der Waals surface area contributed by atoms with Crippen molar-refractivity contribution in [2.75, 3.05) is 13.1 Å². The molecular formula is C16H19N5O3. The Morgan fingerprint density at radius 2 is 1.92 bits per heavy atom. The fourth-order valence-corrected chi connectivity index (χ4v) is 3.03. The van der Waals surface area contributed by atoms with E-state index in [0.29, 0.717) is 30.4 Å². The summed E-state index contributed by atoms with van der Waals surface area (Å²) in [5, 5.41) is 8.26. The van der Waals surface area contributed by atoms with Crippen LogP contribution >= 0.6 is 0 Å². The van der Waals surface area contributed by atoms with Crippen molar-refractivity contribution in [1.82, 2.24) is 19.9 Å². The van der Waals surface area contributed by atoms with Gasteiger partial charge in [-0.3, -0.25) is 14.4 Å². The number of benzene rings is 1. The predicted octanol–water partition coefficient (Wildman–Crippen LogP) is -0.0945. The van der Waals surface area contributed by atoms with Gasteiger partial charge in [0.15, 0.2) is 0 Å². The minimum atomic E-state index is -0.322. The molecule has 0 radical (unpaired) electrons. The van der Waals surface area contributed by atoms with E-state index in [2.05, 4.69) is 10.3 Å². The largest absolute Gasteiger partial charge is 0.370 e. The second kappa shape index (κ2) is 6.77. The van der Waals surface area contributed by atoms with Crippen molar-refractivity contribution in [2.45, 2.75) is 25.8 Å². The third-order valence-corrected chi connectivity index (χ3v) is 4.37. The second-order valence-corrected chi connectivity index (χ2v) is 6.06. The number of hydrogen-bond acceptors (Lipinski definition) is 5. The number of amides is 2. The Morgan fingerprint density at radius 3 is 2.62 bits per heavy atom. The van der Waals surface area contributed by atoms with E-state index in [0.717, 1.165) is 17.5 Å². The van der Waals surface area contributed by atoms with Gasteiger partial charge in [-0.1, -0.05) is 17.3 Å². The molecule has 8 nitrogen and oxygen atoms in total. The van der Waals surface area contributed by atoms with Crippen LogP contribution in [0.4, 0.5) is 0 Å². The molecule has 126 valence electrons. The minimum Gasteiger partial charge on any atom is -0.370 e. The maximum Gasteiger partial charge on any atom is 0.278 e. The molecule has 2 amide bonds. The van der Waals surface area contributed by atoms with Crippen LogP contribution in [0, 0.1) is 5.92 Å². The van der Waals surface area contributed by atoms with Crippen LogP contribution in [0.2, 0.25) is 0 Å². The van der Waals surface area contributed by atoms with Gasteiger partial charge in [0, 0.05) is 19.5 Å². The molecule has 0 saturated carbocycles. The predicted molar refractivity (Wildman–Crippen MR) is 86.9 cm³/mol. The zero-order valence-electron chi connectivity index (χ0n) is 13.2. The number of hydrogen-bond donors (Lipinski definition) is 1. The summed E-state index contributed by atoms with van der Waals surface area (Å²) in [6.07, 6.45) is 1.84. The van der Waals surface area contributed by atoms with Crippen molar-refractivity contribution in [2.24, 2.45) is 11.7 Å². The van der Waals surface area contributed by atoms with Crippen LogP contribution in [0.1, 0.15) is 19.3 Å². The molecule has 0 spiro atoms. The molecule has 1 aliphatic heterocycles. The molecule has 24 heavy (non-hydrogen) atoms. The highest BCUT2D eigenvalue weighted by Crippen LogP contribution is 2.20. The molecule has 1 fully saturated rings. The van der Waals surface area contributed by atoms with Crippen LogP contribution in [-0.2, 0) is 16.1 Å². The van der Waals surface area contributed by atoms with E-state index in [4.69, 9.17) is 5.73 Å². The van der Waals surface area contributed by atoms with Gasteiger partial charge < -0.3 is 10.6 Å². The molecule has 1 aliphatic rings. The molecule has 2 aromatic rings. The summed E-state index contributed by atoms with van der Waals surface area (Å²) in [4.78, 5) is 37.4. The van der Waals surface area contributed by atoms with Crippen LogP contribution < -0.4 is 11.3 Å². The topological polar surface area (TPSA) is 111 Å². The Balaban J connectivity index is 1.67. The quantitative estimate of drug-likeness (QED) is 0.842. The molecule has 1 aromatic heterocycles. The first-order chi connectivity index (χ1) is 11.5. The number of fused-ring (bicyclic) bond motifs is 1. The lowest BCUT2D eigenvalue weighted by Crippen LogP contribution is -2.42. The van der Waals surface area contributed by atoms with E-state index in [1.807, 2.05) is 0 Å². The summed E-state index contributed by atoms with van der Waals surface area (Å²) in [7, 11) is 0. The SMILES string of the molecule is NC(=O)CC1CCN(C(=O)Cn2nnc3ccccc3c2=O)CC1. The Bertz CT molecular complexity index is 824. The summed E-state index contributed by atoms with van der Waals surface area (Å²) < 4.78 is 1.10. The first kappa shape index (κ1) is 16.1. The molecule has 2 N–H and O–H groups in total. The van der Waals surface area contributed by atoms with Gasteiger partial charge in [0.2, 0.25) is 11.8 Å². The van der Waals surface area contributed by atoms with Crippen LogP contribution in [-0.4, -0.2) is 44.8 Å². The molecule has 0 bridgehead atoms. The number of primary amides is 1. The van der Waals surface area contributed by atoms with Crippen molar-refractivity contribution in [1.29, 1.82) is 0 Å². The van der Waals surface area contributed by atoms with Crippen molar-refractivity contribution < 1.29 is 9.59 Å². The van der Waals surface area contributed by atoms with E-state index in [1.165, 1.54) is 0 Å². The van der Waals surface area contributed by atoms with Crippen molar-refractivity contribution in [3.05, 3.63) is 34.6 Å². The van der Waals surface area contributed by atoms with Crippen LogP contribution in [0.3, 0.4) is 0 Å². The second-order valence-electron chi connectivity index (χ2n) is 6.06. The third-order valence-electron chi connectivity index (χ3n) is 4.37.